The van der Waals surface area contributed by atoms with Gasteiger partial charge in [-0.25, -0.2) is 0 Å². The third-order valence-corrected chi connectivity index (χ3v) is 11.7. The molecule has 0 radical (unpaired) electrons. The maximum atomic E-state index is 10.4. The Bertz CT molecular complexity index is 745. The molecule has 10 atom stereocenters. The van der Waals surface area contributed by atoms with Gasteiger partial charge in [-0.1, -0.05) is 13.8 Å². The number of ether oxygens (including phenoxy) is 2. The van der Waals surface area contributed by atoms with E-state index in [2.05, 4.69) is 55.4 Å². The van der Waals surface area contributed by atoms with Crippen LogP contribution in [0.2, 0.25) is 0 Å². The molecule has 6 rings (SSSR count). The Morgan fingerprint density at radius 2 is 0.886 bits per heavy atom. The molecule has 4 aliphatic carbocycles. The van der Waals surface area contributed by atoms with Gasteiger partial charge in [0.2, 0.25) is 0 Å². The third kappa shape index (κ3) is 4.24. The van der Waals surface area contributed by atoms with Crippen molar-refractivity contribution in [3.8, 4) is 0 Å². The van der Waals surface area contributed by atoms with Gasteiger partial charge < -0.3 is 25.2 Å². The molecule has 204 valence electrons. The van der Waals surface area contributed by atoms with Crippen LogP contribution in [0.4, 0.5) is 0 Å². The molecule has 0 aromatic carbocycles. The second-order valence-corrected chi connectivity index (χ2v) is 15.4. The van der Waals surface area contributed by atoms with Crippen LogP contribution in [0, 0.1) is 34.5 Å². The number of hydrogen-bond acceptors (Lipinski definition) is 4. The number of hydrogen-bond donors (Lipinski definition) is 2. The van der Waals surface area contributed by atoms with Crippen molar-refractivity contribution in [2.45, 2.75) is 154 Å². The van der Waals surface area contributed by atoms with Gasteiger partial charge in [-0.3, -0.25) is 0 Å². The highest BCUT2D eigenvalue weighted by molar-refractivity contribution is 5.14. The average molecular weight is 495 g/mol. The molecule has 4 saturated carbocycles. The molecule has 2 heterocycles. The van der Waals surface area contributed by atoms with Crippen LogP contribution < -0.4 is 0 Å². The summed E-state index contributed by atoms with van der Waals surface area (Å²) >= 11 is 0. The van der Waals surface area contributed by atoms with Crippen molar-refractivity contribution in [2.75, 3.05) is 0 Å². The van der Waals surface area contributed by atoms with Gasteiger partial charge in [0.05, 0.1) is 34.6 Å². The number of aliphatic hydroxyl groups excluding tert-OH is 2. The van der Waals surface area contributed by atoms with Gasteiger partial charge in [-0.05, 0) is 140 Å². The predicted octanol–water partition coefficient (Wildman–Crippen LogP) is 5.44. The molecule has 0 aromatic heterocycles. The maximum absolute atomic E-state index is 10.4. The lowest BCUT2D eigenvalue weighted by molar-refractivity contribution is -0.257. The first kappa shape index (κ1) is 27.8. The fourth-order valence-corrected chi connectivity index (χ4v) is 10.9. The van der Waals surface area contributed by atoms with Crippen LogP contribution >= 0.6 is 0 Å². The highest BCUT2D eigenvalue weighted by Crippen LogP contribution is 2.65. The van der Waals surface area contributed by atoms with Crippen LogP contribution in [0.5, 0.6) is 0 Å². The van der Waals surface area contributed by atoms with E-state index in [1.807, 2.05) is 0 Å². The van der Waals surface area contributed by atoms with E-state index >= 15 is 0 Å². The minimum atomic E-state index is -0.115. The van der Waals surface area contributed by atoms with E-state index in [9.17, 15) is 10.2 Å². The van der Waals surface area contributed by atoms with E-state index in [4.69, 9.17) is 9.47 Å². The van der Waals surface area contributed by atoms with Gasteiger partial charge in [0.15, 0.2) is 0 Å². The molecule has 2 saturated heterocycles. The minimum absolute atomic E-state index is 0. The number of rotatable bonds is 0. The molecule has 0 unspecified atom stereocenters. The van der Waals surface area contributed by atoms with Crippen LogP contribution in [-0.4, -0.2) is 50.3 Å². The fourth-order valence-electron chi connectivity index (χ4n) is 10.9. The van der Waals surface area contributed by atoms with Crippen LogP contribution in [0.3, 0.4) is 0 Å². The minimum Gasteiger partial charge on any atom is -0.412 e. The normalized spacial score (nSPS) is 55.0. The second-order valence-electron chi connectivity index (χ2n) is 15.4. The van der Waals surface area contributed by atoms with Crippen LogP contribution in [0.15, 0.2) is 0 Å². The number of aliphatic hydroxyl groups is 2. The molecule has 35 heavy (non-hydrogen) atoms. The summed E-state index contributed by atoms with van der Waals surface area (Å²) in [4.78, 5) is 0. The second kappa shape index (κ2) is 8.40. The smallest absolute Gasteiger partial charge is 0.0699 e. The van der Waals surface area contributed by atoms with Crippen molar-refractivity contribution in [2.24, 2.45) is 34.5 Å². The van der Waals surface area contributed by atoms with Crippen LogP contribution in [0.1, 0.15) is 120 Å². The molecule has 4 N–H and O–H groups in total. The Kier molecular flexibility index (Phi) is 6.68. The summed E-state index contributed by atoms with van der Waals surface area (Å²) in [7, 11) is 0. The van der Waals surface area contributed by atoms with E-state index in [1.165, 1.54) is 25.7 Å². The Balaban J connectivity index is 0.000000160. The first-order chi connectivity index (χ1) is 15.5. The van der Waals surface area contributed by atoms with Gasteiger partial charge in [0.25, 0.3) is 0 Å². The summed E-state index contributed by atoms with van der Waals surface area (Å²) in [5.74, 6) is 2.63. The van der Waals surface area contributed by atoms with E-state index < -0.39 is 0 Å². The van der Waals surface area contributed by atoms with Gasteiger partial charge in [0, 0.05) is 0 Å². The monoisotopic (exact) mass is 494 g/mol. The zero-order valence-electron chi connectivity index (χ0n) is 23.7. The summed E-state index contributed by atoms with van der Waals surface area (Å²) < 4.78 is 12.9. The van der Waals surface area contributed by atoms with Gasteiger partial charge in [0.1, 0.15) is 0 Å². The SMILES string of the molecule is CC1(C)C[C@@H]2CC[C@]3(C)[C@@H](O)CC[C@](C)(O1)[C@@H]23.CC1(C)C[C@@H]2CC[C@]3(C)[C@@H](O)CC[C@](C)(O1)[C@@H]23.O. The Morgan fingerprint density at radius 1 is 0.543 bits per heavy atom. The largest absolute Gasteiger partial charge is 0.412 e. The highest BCUT2D eigenvalue weighted by atomic mass is 16.5. The van der Waals surface area contributed by atoms with Crippen molar-refractivity contribution in [3.63, 3.8) is 0 Å². The quantitative estimate of drug-likeness (QED) is 0.469. The third-order valence-electron chi connectivity index (χ3n) is 11.7. The predicted molar refractivity (Wildman–Crippen MR) is 139 cm³/mol. The van der Waals surface area contributed by atoms with Gasteiger partial charge in [-0.15, -0.1) is 0 Å². The van der Waals surface area contributed by atoms with E-state index in [1.54, 1.807) is 0 Å². The Hall–Kier alpha value is -0.200. The van der Waals surface area contributed by atoms with Crippen molar-refractivity contribution in [1.82, 2.24) is 0 Å². The van der Waals surface area contributed by atoms with Crippen molar-refractivity contribution < 1.29 is 25.2 Å². The summed E-state index contributed by atoms with van der Waals surface area (Å²) in [6.45, 7) is 18.1. The first-order valence-corrected chi connectivity index (χ1v) is 14.3. The zero-order valence-corrected chi connectivity index (χ0v) is 23.7. The topological polar surface area (TPSA) is 90.4 Å². The van der Waals surface area contributed by atoms with E-state index in [0.717, 1.165) is 50.4 Å². The molecule has 0 aromatic rings. The Morgan fingerprint density at radius 3 is 1.23 bits per heavy atom. The zero-order chi connectivity index (χ0) is 24.9. The first-order valence-electron chi connectivity index (χ1n) is 14.3. The maximum Gasteiger partial charge on any atom is 0.0699 e. The lowest BCUT2D eigenvalue weighted by Gasteiger charge is -2.58. The summed E-state index contributed by atoms with van der Waals surface area (Å²) in [6, 6.07) is 0. The molecular weight excluding hydrogens is 440 g/mol. The Labute approximate surface area is 214 Å². The van der Waals surface area contributed by atoms with Crippen LogP contribution in [0.25, 0.3) is 0 Å². The molecule has 0 spiro atoms. The fraction of sp³-hybridized carbons (Fsp3) is 1.00. The molecule has 0 bridgehead atoms. The molecule has 5 heteroatoms. The standard InChI is InChI=1S/2C15H26O2.H2O/c2*1-13(2)9-10-5-7-14(3)11(16)6-8-15(4,17-13)12(10)14;/h2*10-12,16H,5-9H2,1-4H3;1H2/t2*10-,11-,12-,14+,15-;/m00./s1. The summed E-state index contributed by atoms with van der Waals surface area (Å²) in [5, 5.41) is 20.8. The summed E-state index contributed by atoms with van der Waals surface area (Å²) in [6.07, 6.45) is 10.9. The van der Waals surface area contributed by atoms with Gasteiger partial charge >= 0.3 is 0 Å². The van der Waals surface area contributed by atoms with E-state index in [0.29, 0.717) is 11.8 Å². The average Bonchev–Trinajstić information content (AvgIpc) is 3.21. The van der Waals surface area contributed by atoms with Crippen molar-refractivity contribution >= 4 is 0 Å². The summed E-state index contributed by atoms with van der Waals surface area (Å²) in [5.41, 5.74) is 0.239. The van der Waals surface area contributed by atoms with Gasteiger partial charge in [-0.2, -0.15) is 0 Å². The van der Waals surface area contributed by atoms with Crippen LogP contribution in [-0.2, 0) is 9.47 Å². The highest BCUT2D eigenvalue weighted by Gasteiger charge is 2.65. The molecule has 2 aliphatic heterocycles. The lowest BCUT2D eigenvalue weighted by Crippen LogP contribution is -2.61. The van der Waals surface area contributed by atoms with E-state index in [-0.39, 0.29) is 50.9 Å². The molecule has 6 aliphatic rings. The van der Waals surface area contributed by atoms with Crippen molar-refractivity contribution in [3.05, 3.63) is 0 Å². The molecule has 5 nitrogen and oxygen atoms in total. The molecular formula is C30H54O5. The van der Waals surface area contributed by atoms with Crippen molar-refractivity contribution in [1.29, 1.82) is 0 Å². The molecule has 0 amide bonds. The lowest BCUT2D eigenvalue weighted by atomic mass is 9.57. The molecule has 6 fully saturated rings.